The first-order valence-corrected chi connectivity index (χ1v) is 8.81. The van der Waals surface area contributed by atoms with Gasteiger partial charge in [0.2, 0.25) is 5.91 Å². The normalized spacial score (nSPS) is 13.0. The van der Waals surface area contributed by atoms with E-state index >= 15 is 0 Å². The third kappa shape index (κ3) is 4.00. The number of hydrogen-bond donors (Lipinski definition) is 1. The van der Waals surface area contributed by atoms with Crippen LogP contribution in [0.2, 0.25) is 0 Å². The summed E-state index contributed by atoms with van der Waals surface area (Å²) in [6.45, 7) is 1.24. The van der Waals surface area contributed by atoms with Crippen LogP contribution >= 0.6 is 11.8 Å². The Hall–Kier alpha value is -2.38. The predicted octanol–water partition coefficient (Wildman–Crippen LogP) is 2.35. The number of nitrogens with one attached hydrogen (secondary N) is 1. The molecule has 0 fully saturated rings. The summed E-state index contributed by atoms with van der Waals surface area (Å²) in [5.74, 6) is -0.240. The molecule has 1 aliphatic heterocycles. The third-order valence-corrected chi connectivity index (χ3v) is 4.88. The fraction of sp³-hybridized carbons (Fsp3) is 0.278. The standard InChI is InChI=1S/C18H19N3O3S/c1-24-12-10-19-16(22)8-11-21-14-6-2-3-7-15(14)25-17-13(18(21)23)5-4-9-20-17/h2-7,9H,8,10-12H2,1H3,(H,19,22). The van der Waals surface area contributed by atoms with Crippen LogP contribution in [0.4, 0.5) is 5.69 Å². The molecule has 1 aliphatic rings. The summed E-state index contributed by atoms with van der Waals surface area (Å²) < 4.78 is 4.92. The molecule has 0 atom stereocenters. The Kier molecular flexibility index (Phi) is 5.67. The maximum atomic E-state index is 13.0. The van der Waals surface area contributed by atoms with E-state index in [1.54, 1.807) is 30.3 Å². The molecule has 130 valence electrons. The van der Waals surface area contributed by atoms with Crippen LogP contribution in [-0.2, 0) is 9.53 Å². The molecule has 1 aromatic carbocycles. The van der Waals surface area contributed by atoms with Crippen molar-refractivity contribution in [1.82, 2.24) is 10.3 Å². The summed E-state index contributed by atoms with van der Waals surface area (Å²) >= 11 is 1.47. The van der Waals surface area contributed by atoms with Gasteiger partial charge < -0.3 is 15.0 Å². The lowest BCUT2D eigenvalue weighted by molar-refractivity contribution is -0.121. The number of carbonyl (C=O) groups is 2. The highest BCUT2D eigenvalue weighted by Gasteiger charge is 2.27. The first-order valence-electron chi connectivity index (χ1n) is 8.00. The van der Waals surface area contributed by atoms with E-state index in [0.717, 1.165) is 10.6 Å². The molecule has 0 radical (unpaired) electrons. The highest BCUT2D eigenvalue weighted by molar-refractivity contribution is 7.99. The summed E-state index contributed by atoms with van der Waals surface area (Å²) in [7, 11) is 1.59. The summed E-state index contributed by atoms with van der Waals surface area (Å²) in [6.07, 6.45) is 1.91. The van der Waals surface area contributed by atoms with Gasteiger partial charge >= 0.3 is 0 Å². The van der Waals surface area contributed by atoms with Crippen molar-refractivity contribution in [2.75, 3.05) is 31.7 Å². The van der Waals surface area contributed by atoms with Crippen molar-refractivity contribution in [2.24, 2.45) is 0 Å². The zero-order valence-corrected chi connectivity index (χ0v) is 14.7. The maximum absolute atomic E-state index is 13.0. The van der Waals surface area contributed by atoms with E-state index in [1.165, 1.54) is 11.8 Å². The van der Waals surface area contributed by atoms with Crippen molar-refractivity contribution in [3.8, 4) is 0 Å². The van der Waals surface area contributed by atoms with Crippen molar-refractivity contribution in [1.29, 1.82) is 0 Å². The van der Waals surface area contributed by atoms with E-state index in [0.29, 0.717) is 30.3 Å². The minimum Gasteiger partial charge on any atom is -0.383 e. The van der Waals surface area contributed by atoms with Gasteiger partial charge in [-0.25, -0.2) is 4.98 Å². The Morgan fingerprint density at radius 1 is 1.28 bits per heavy atom. The number of para-hydroxylation sites is 1. The van der Waals surface area contributed by atoms with Crippen LogP contribution in [0.25, 0.3) is 0 Å². The zero-order chi connectivity index (χ0) is 17.6. The predicted molar refractivity (Wildman–Crippen MR) is 96.0 cm³/mol. The monoisotopic (exact) mass is 357 g/mol. The van der Waals surface area contributed by atoms with Gasteiger partial charge in [-0.1, -0.05) is 23.9 Å². The number of pyridine rings is 1. The highest BCUT2D eigenvalue weighted by atomic mass is 32.2. The van der Waals surface area contributed by atoms with Crippen LogP contribution in [0.3, 0.4) is 0 Å². The Labute approximate surface area is 150 Å². The molecule has 0 unspecified atom stereocenters. The number of rotatable bonds is 6. The number of ether oxygens (including phenoxy) is 1. The van der Waals surface area contributed by atoms with E-state index in [4.69, 9.17) is 4.74 Å². The van der Waals surface area contributed by atoms with Crippen LogP contribution in [0.5, 0.6) is 0 Å². The Bertz CT molecular complexity index is 782. The molecule has 0 spiro atoms. The lowest BCUT2D eigenvalue weighted by Gasteiger charge is -2.22. The topological polar surface area (TPSA) is 71.5 Å². The molecule has 7 heteroatoms. The smallest absolute Gasteiger partial charge is 0.261 e. The molecule has 0 bridgehead atoms. The largest absolute Gasteiger partial charge is 0.383 e. The summed E-state index contributed by atoms with van der Waals surface area (Å²) in [4.78, 5) is 31.9. The number of aromatic nitrogens is 1. The molecule has 3 rings (SSSR count). The number of methoxy groups -OCH3 is 1. The van der Waals surface area contributed by atoms with E-state index in [-0.39, 0.29) is 18.2 Å². The second-order valence-corrected chi connectivity index (χ2v) is 6.51. The average molecular weight is 357 g/mol. The van der Waals surface area contributed by atoms with Crippen molar-refractivity contribution >= 4 is 29.3 Å². The van der Waals surface area contributed by atoms with Gasteiger partial charge in [0.25, 0.3) is 5.91 Å². The molecule has 6 nitrogen and oxygen atoms in total. The van der Waals surface area contributed by atoms with Gasteiger partial charge in [0.15, 0.2) is 0 Å². The quantitative estimate of drug-likeness (QED) is 0.804. The lowest BCUT2D eigenvalue weighted by Crippen LogP contribution is -2.36. The van der Waals surface area contributed by atoms with Gasteiger partial charge in [-0.3, -0.25) is 9.59 Å². The molecule has 0 saturated heterocycles. The molecule has 1 N–H and O–H groups in total. The number of nitrogens with zero attached hydrogens (tertiary/aromatic N) is 2. The molecule has 2 amide bonds. The van der Waals surface area contributed by atoms with Crippen LogP contribution in [-0.4, -0.2) is 43.6 Å². The van der Waals surface area contributed by atoms with Gasteiger partial charge in [-0.15, -0.1) is 0 Å². The van der Waals surface area contributed by atoms with Crippen molar-refractivity contribution in [2.45, 2.75) is 16.3 Å². The number of amides is 2. The van der Waals surface area contributed by atoms with Gasteiger partial charge in [0.1, 0.15) is 5.03 Å². The van der Waals surface area contributed by atoms with Crippen LogP contribution in [0.15, 0.2) is 52.5 Å². The highest BCUT2D eigenvalue weighted by Crippen LogP contribution is 2.39. The fourth-order valence-corrected chi connectivity index (χ4v) is 3.59. The molecule has 2 heterocycles. The van der Waals surface area contributed by atoms with Gasteiger partial charge in [0.05, 0.1) is 17.9 Å². The van der Waals surface area contributed by atoms with Crippen molar-refractivity contribution < 1.29 is 14.3 Å². The Balaban J connectivity index is 1.82. The minimum atomic E-state index is -0.134. The van der Waals surface area contributed by atoms with Crippen LogP contribution in [0, 0.1) is 0 Å². The average Bonchev–Trinajstić information content (AvgIpc) is 2.75. The minimum absolute atomic E-state index is 0.106. The molecule has 0 aliphatic carbocycles. The fourth-order valence-electron chi connectivity index (χ4n) is 2.58. The summed E-state index contributed by atoms with van der Waals surface area (Å²) in [5, 5.41) is 3.46. The van der Waals surface area contributed by atoms with Crippen molar-refractivity contribution in [3.63, 3.8) is 0 Å². The Morgan fingerprint density at radius 3 is 2.96 bits per heavy atom. The maximum Gasteiger partial charge on any atom is 0.261 e. The van der Waals surface area contributed by atoms with Crippen LogP contribution in [0.1, 0.15) is 16.8 Å². The van der Waals surface area contributed by atoms with Crippen LogP contribution < -0.4 is 10.2 Å². The van der Waals surface area contributed by atoms with E-state index in [2.05, 4.69) is 10.3 Å². The Morgan fingerprint density at radius 2 is 2.12 bits per heavy atom. The number of fused-ring (bicyclic) bond motifs is 2. The zero-order valence-electron chi connectivity index (χ0n) is 13.9. The van der Waals surface area contributed by atoms with Crippen molar-refractivity contribution in [3.05, 3.63) is 48.2 Å². The second-order valence-electron chi connectivity index (χ2n) is 5.48. The molecule has 1 aromatic heterocycles. The molecule has 0 saturated carbocycles. The van der Waals surface area contributed by atoms with Gasteiger partial charge in [0, 0.05) is 37.7 Å². The van der Waals surface area contributed by atoms with E-state index < -0.39 is 0 Å². The molecule has 2 aromatic rings. The number of carbonyl (C=O) groups excluding carboxylic acids is 2. The molecule has 25 heavy (non-hydrogen) atoms. The first kappa shape index (κ1) is 17.4. The van der Waals surface area contributed by atoms with Gasteiger partial charge in [-0.2, -0.15) is 0 Å². The number of hydrogen-bond acceptors (Lipinski definition) is 5. The third-order valence-electron chi connectivity index (χ3n) is 3.80. The summed E-state index contributed by atoms with van der Waals surface area (Å²) in [6, 6.07) is 11.2. The second kappa shape index (κ2) is 8.13. The lowest BCUT2D eigenvalue weighted by atomic mass is 10.2. The molecular weight excluding hydrogens is 338 g/mol. The van der Waals surface area contributed by atoms with Gasteiger partial charge in [-0.05, 0) is 24.3 Å². The number of anilines is 1. The molecular formula is C18H19N3O3S. The van der Waals surface area contributed by atoms with E-state index in [1.807, 2.05) is 24.3 Å². The summed E-state index contributed by atoms with van der Waals surface area (Å²) in [5.41, 5.74) is 1.36. The SMILES string of the molecule is COCCNC(=O)CCN1C(=O)c2cccnc2Sc2ccccc21. The first-order chi connectivity index (χ1) is 12.2. The number of benzene rings is 1. The van der Waals surface area contributed by atoms with E-state index in [9.17, 15) is 9.59 Å².